The number of hydrogen-bond donors (Lipinski definition) is 1. The quantitative estimate of drug-likeness (QED) is 0.848. The zero-order valence-electron chi connectivity index (χ0n) is 10.7. The van der Waals surface area contributed by atoms with Gasteiger partial charge in [0.25, 0.3) is 0 Å². The fraction of sp³-hybridized carbons (Fsp3) is 0.250. The molecule has 0 radical (unpaired) electrons. The van der Waals surface area contributed by atoms with E-state index < -0.39 is 0 Å². The van der Waals surface area contributed by atoms with E-state index in [1.54, 1.807) is 11.3 Å². The molecule has 1 aromatic carbocycles. The Morgan fingerprint density at radius 2 is 1.89 bits per heavy atom. The monoisotopic (exact) mass is 268 g/mol. The van der Waals surface area contributed by atoms with Crippen LogP contribution in [0.25, 0.3) is 0 Å². The summed E-state index contributed by atoms with van der Waals surface area (Å²) in [4.78, 5) is 3.80. The molecule has 2 N–H and O–H groups in total. The van der Waals surface area contributed by atoms with Crippen LogP contribution in [0.5, 0.6) is 0 Å². The van der Waals surface area contributed by atoms with Crippen molar-refractivity contribution < 1.29 is 0 Å². The fourth-order valence-corrected chi connectivity index (χ4v) is 3.31. The van der Waals surface area contributed by atoms with Crippen molar-refractivity contribution >= 4 is 11.3 Å². The van der Waals surface area contributed by atoms with Crippen LogP contribution in [0.2, 0.25) is 0 Å². The summed E-state index contributed by atoms with van der Waals surface area (Å²) in [6.45, 7) is 3.47. The van der Waals surface area contributed by atoms with Gasteiger partial charge in [-0.05, 0) is 22.6 Å². The highest BCUT2D eigenvalue weighted by molar-refractivity contribution is 7.10. The Labute approximate surface area is 117 Å². The van der Waals surface area contributed by atoms with Crippen LogP contribution in [-0.4, -0.2) is 11.4 Å². The summed E-state index contributed by atoms with van der Waals surface area (Å²) in [6.07, 6.45) is 0. The van der Waals surface area contributed by atoms with Gasteiger partial charge in [-0.3, -0.25) is 4.90 Å². The Kier molecular flexibility index (Phi) is 3.65. The predicted molar refractivity (Wildman–Crippen MR) is 79.6 cm³/mol. The van der Waals surface area contributed by atoms with E-state index in [1.807, 2.05) is 0 Å². The first kappa shape index (κ1) is 12.4. The zero-order chi connectivity index (χ0) is 13.1. The molecule has 3 heteroatoms. The third-order valence-corrected chi connectivity index (χ3v) is 4.25. The number of benzene rings is 1. The standard InChI is InChI=1S/C16H16N2S/c17-8-3-6-13-7-9-19-16(13)12-18-10-14-4-1-2-5-15(14)11-18/h1-2,4-5,7,9H,8,10-12,17H2. The van der Waals surface area contributed by atoms with E-state index in [-0.39, 0.29) is 0 Å². The largest absolute Gasteiger partial charge is 0.320 e. The Morgan fingerprint density at radius 1 is 1.16 bits per heavy atom. The normalized spacial score (nSPS) is 13.9. The number of rotatable bonds is 2. The molecule has 0 spiro atoms. The maximum atomic E-state index is 5.44. The van der Waals surface area contributed by atoms with Crippen LogP contribution in [0, 0.1) is 11.8 Å². The lowest BCUT2D eigenvalue weighted by Gasteiger charge is -2.13. The number of hydrogen-bond acceptors (Lipinski definition) is 3. The van der Waals surface area contributed by atoms with Gasteiger partial charge in [0.2, 0.25) is 0 Å². The van der Waals surface area contributed by atoms with E-state index in [4.69, 9.17) is 5.73 Å². The third kappa shape index (κ3) is 2.71. The Hall–Kier alpha value is -1.60. The number of fused-ring (bicyclic) bond motifs is 1. The SMILES string of the molecule is NCC#Cc1ccsc1CN1Cc2ccccc2C1. The zero-order valence-corrected chi connectivity index (χ0v) is 11.5. The van der Waals surface area contributed by atoms with Gasteiger partial charge in [0.15, 0.2) is 0 Å². The molecule has 0 amide bonds. The number of nitrogens with zero attached hydrogens (tertiary/aromatic N) is 1. The summed E-state index contributed by atoms with van der Waals surface area (Å²) in [5, 5.41) is 2.11. The predicted octanol–water partition coefficient (Wildman–Crippen LogP) is 2.57. The minimum absolute atomic E-state index is 0.421. The van der Waals surface area contributed by atoms with Gasteiger partial charge < -0.3 is 5.73 Å². The molecule has 3 rings (SSSR count). The van der Waals surface area contributed by atoms with Crippen LogP contribution in [0.15, 0.2) is 35.7 Å². The Bertz CT molecular complexity index is 608. The first-order chi connectivity index (χ1) is 9.36. The van der Waals surface area contributed by atoms with Crippen molar-refractivity contribution in [3.05, 3.63) is 57.3 Å². The van der Waals surface area contributed by atoms with Gasteiger partial charge in [0.1, 0.15) is 0 Å². The Morgan fingerprint density at radius 3 is 2.58 bits per heavy atom. The molecule has 2 nitrogen and oxygen atoms in total. The lowest BCUT2D eigenvalue weighted by Crippen LogP contribution is -2.15. The lowest BCUT2D eigenvalue weighted by molar-refractivity contribution is 0.278. The molecule has 1 aliphatic heterocycles. The maximum absolute atomic E-state index is 5.44. The molecule has 0 saturated carbocycles. The maximum Gasteiger partial charge on any atom is 0.0555 e. The van der Waals surface area contributed by atoms with Crippen LogP contribution < -0.4 is 5.73 Å². The van der Waals surface area contributed by atoms with Crippen molar-refractivity contribution in [2.45, 2.75) is 19.6 Å². The lowest BCUT2D eigenvalue weighted by atomic mass is 10.1. The van der Waals surface area contributed by atoms with Crippen molar-refractivity contribution in [2.75, 3.05) is 6.54 Å². The van der Waals surface area contributed by atoms with E-state index in [0.29, 0.717) is 6.54 Å². The third-order valence-electron chi connectivity index (χ3n) is 3.34. The molecule has 2 aromatic rings. The second kappa shape index (κ2) is 5.58. The second-order valence-electron chi connectivity index (χ2n) is 4.68. The van der Waals surface area contributed by atoms with Crippen LogP contribution in [0.1, 0.15) is 21.6 Å². The van der Waals surface area contributed by atoms with Gasteiger partial charge >= 0.3 is 0 Å². The molecule has 0 fully saturated rings. The van der Waals surface area contributed by atoms with E-state index in [1.165, 1.54) is 16.0 Å². The summed E-state index contributed by atoms with van der Waals surface area (Å²) in [7, 11) is 0. The number of nitrogens with two attached hydrogens (primary N) is 1. The molecule has 0 aliphatic carbocycles. The van der Waals surface area contributed by atoms with Gasteiger partial charge in [-0.25, -0.2) is 0 Å². The van der Waals surface area contributed by atoms with E-state index >= 15 is 0 Å². The smallest absolute Gasteiger partial charge is 0.0555 e. The molecular weight excluding hydrogens is 252 g/mol. The summed E-state index contributed by atoms with van der Waals surface area (Å²) in [6, 6.07) is 10.8. The van der Waals surface area contributed by atoms with Crippen molar-refractivity contribution in [2.24, 2.45) is 5.73 Å². The highest BCUT2D eigenvalue weighted by Crippen LogP contribution is 2.26. The van der Waals surface area contributed by atoms with Crippen LogP contribution in [-0.2, 0) is 19.6 Å². The van der Waals surface area contributed by atoms with Gasteiger partial charge in [0.05, 0.1) is 6.54 Å². The minimum Gasteiger partial charge on any atom is -0.320 e. The van der Waals surface area contributed by atoms with Crippen LogP contribution >= 0.6 is 11.3 Å². The molecule has 96 valence electrons. The molecule has 0 unspecified atom stereocenters. The average Bonchev–Trinajstić information content (AvgIpc) is 3.02. The van der Waals surface area contributed by atoms with E-state index in [2.05, 4.69) is 52.5 Å². The van der Waals surface area contributed by atoms with Gasteiger partial charge in [-0.15, -0.1) is 11.3 Å². The molecule has 2 heterocycles. The van der Waals surface area contributed by atoms with Crippen molar-refractivity contribution in [1.82, 2.24) is 4.90 Å². The first-order valence-corrected chi connectivity index (χ1v) is 7.29. The topological polar surface area (TPSA) is 29.3 Å². The summed E-state index contributed by atoms with van der Waals surface area (Å²) in [5.41, 5.74) is 9.47. The van der Waals surface area contributed by atoms with Crippen LogP contribution in [0.3, 0.4) is 0 Å². The van der Waals surface area contributed by atoms with Gasteiger partial charge in [-0.1, -0.05) is 36.1 Å². The van der Waals surface area contributed by atoms with Crippen molar-refractivity contribution in [3.63, 3.8) is 0 Å². The van der Waals surface area contributed by atoms with Gasteiger partial charge in [-0.2, -0.15) is 0 Å². The van der Waals surface area contributed by atoms with E-state index in [0.717, 1.165) is 25.2 Å². The molecular formula is C16H16N2S. The first-order valence-electron chi connectivity index (χ1n) is 6.41. The highest BCUT2D eigenvalue weighted by atomic mass is 32.1. The van der Waals surface area contributed by atoms with Crippen LogP contribution in [0.4, 0.5) is 0 Å². The fourth-order valence-electron chi connectivity index (χ4n) is 2.44. The van der Waals surface area contributed by atoms with Crippen molar-refractivity contribution in [1.29, 1.82) is 0 Å². The Balaban J connectivity index is 1.73. The number of thiophene rings is 1. The molecule has 1 aromatic heterocycles. The average molecular weight is 268 g/mol. The summed E-state index contributed by atoms with van der Waals surface area (Å²) < 4.78 is 0. The van der Waals surface area contributed by atoms with E-state index in [9.17, 15) is 0 Å². The summed E-state index contributed by atoms with van der Waals surface area (Å²) >= 11 is 1.78. The van der Waals surface area contributed by atoms with Crippen molar-refractivity contribution in [3.8, 4) is 11.8 Å². The second-order valence-corrected chi connectivity index (χ2v) is 5.68. The van der Waals surface area contributed by atoms with Gasteiger partial charge in [0, 0.05) is 30.1 Å². The molecule has 0 saturated heterocycles. The molecule has 19 heavy (non-hydrogen) atoms. The highest BCUT2D eigenvalue weighted by Gasteiger charge is 2.19. The molecule has 1 aliphatic rings. The molecule has 0 bridgehead atoms. The minimum atomic E-state index is 0.421. The summed E-state index contributed by atoms with van der Waals surface area (Å²) in [5.74, 6) is 6.10. The molecule has 0 atom stereocenters.